The molecule has 0 bridgehead atoms. The van der Waals surface area contributed by atoms with E-state index in [0.717, 1.165) is 10.4 Å². The molecule has 1 amide bonds. The Bertz CT molecular complexity index is 670. The fourth-order valence-corrected chi connectivity index (χ4v) is 2.44. The van der Waals surface area contributed by atoms with Crippen molar-refractivity contribution >= 4 is 34.7 Å². The molecule has 0 aromatic carbocycles. The van der Waals surface area contributed by atoms with Gasteiger partial charge in [-0.3, -0.25) is 4.79 Å². The van der Waals surface area contributed by atoms with Crippen molar-refractivity contribution in [3.63, 3.8) is 0 Å². The summed E-state index contributed by atoms with van der Waals surface area (Å²) >= 11 is 7.35. The van der Waals surface area contributed by atoms with Crippen molar-refractivity contribution in [3.8, 4) is 16.5 Å². The van der Waals surface area contributed by atoms with E-state index in [2.05, 4.69) is 10.3 Å². The molecule has 2 aromatic rings. The summed E-state index contributed by atoms with van der Waals surface area (Å²) in [5.41, 5.74) is -0.152. The number of hydrogen-bond donors (Lipinski definition) is 1. The van der Waals surface area contributed by atoms with E-state index in [0.29, 0.717) is 10.2 Å². The number of rotatable bonds is 3. The number of anilines is 1. The summed E-state index contributed by atoms with van der Waals surface area (Å²) < 4.78 is 0.716. The lowest BCUT2D eigenvalue weighted by Crippen LogP contribution is -2.29. The number of nitrogens with zero attached hydrogens (tertiary/aromatic N) is 2. The van der Waals surface area contributed by atoms with Crippen LogP contribution in [0.5, 0.6) is 0 Å². The van der Waals surface area contributed by atoms with Crippen LogP contribution >= 0.6 is 22.9 Å². The van der Waals surface area contributed by atoms with Crippen LogP contribution in [-0.2, 0) is 4.79 Å². The lowest BCUT2D eigenvalue weighted by atomic mass is 9.95. The largest absolute Gasteiger partial charge is 0.309 e. The molecule has 0 aliphatic carbocycles. The molecule has 6 heteroatoms. The van der Waals surface area contributed by atoms with Crippen LogP contribution in [0, 0.1) is 16.7 Å². The maximum atomic E-state index is 11.8. The minimum atomic E-state index is -1.08. The molecule has 2 heterocycles. The van der Waals surface area contributed by atoms with E-state index in [1.165, 1.54) is 11.3 Å². The molecule has 0 aliphatic rings. The number of amides is 1. The van der Waals surface area contributed by atoms with Gasteiger partial charge in [0.2, 0.25) is 5.91 Å². The Kier molecular flexibility index (Phi) is 4.07. The van der Waals surface area contributed by atoms with Gasteiger partial charge in [0.05, 0.1) is 10.4 Å². The molecule has 0 spiro atoms. The quantitative estimate of drug-likeness (QED) is 0.933. The van der Waals surface area contributed by atoms with Crippen molar-refractivity contribution < 1.29 is 4.79 Å². The number of hydrogen-bond acceptors (Lipinski definition) is 4. The highest BCUT2D eigenvalue weighted by molar-refractivity contribution is 7.19. The van der Waals surface area contributed by atoms with E-state index >= 15 is 0 Å². The third-order valence-electron chi connectivity index (χ3n) is 2.71. The molecule has 0 unspecified atom stereocenters. The van der Waals surface area contributed by atoms with Crippen molar-refractivity contribution in [2.24, 2.45) is 5.41 Å². The normalized spacial score (nSPS) is 10.9. The van der Waals surface area contributed by atoms with E-state index in [-0.39, 0.29) is 5.91 Å². The van der Waals surface area contributed by atoms with Gasteiger partial charge in [-0.05, 0) is 38.1 Å². The number of carbonyl (C=O) groups excluding carboxylic acids is 1. The van der Waals surface area contributed by atoms with E-state index in [4.69, 9.17) is 16.9 Å². The fourth-order valence-electron chi connectivity index (χ4n) is 1.41. The zero-order valence-electron chi connectivity index (χ0n) is 11.0. The number of nitriles is 1. The minimum absolute atomic E-state index is 0.376. The Morgan fingerprint density at radius 2 is 2.15 bits per heavy atom. The minimum Gasteiger partial charge on any atom is -0.309 e. The van der Waals surface area contributed by atoms with Gasteiger partial charge in [0.1, 0.15) is 11.2 Å². The number of halogens is 1. The van der Waals surface area contributed by atoms with Gasteiger partial charge in [-0.15, -0.1) is 11.3 Å². The second kappa shape index (κ2) is 5.61. The van der Waals surface area contributed by atoms with Crippen molar-refractivity contribution in [1.82, 2.24) is 4.98 Å². The average Bonchev–Trinajstić information content (AvgIpc) is 2.86. The summed E-state index contributed by atoms with van der Waals surface area (Å²) in [7, 11) is 0. The van der Waals surface area contributed by atoms with Crippen LogP contribution in [0.1, 0.15) is 13.8 Å². The standard InChI is InChI=1S/C14H12ClN3OS/c1-14(2,8-16)13(19)18-12-6-3-9(7-17-12)10-4-5-11(15)20-10/h3-7H,1-2H3,(H,17,18,19). The Hall–Kier alpha value is -1.90. The van der Waals surface area contributed by atoms with Crippen LogP contribution in [0.25, 0.3) is 10.4 Å². The lowest BCUT2D eigenvalue weighted by molar-refractivity contribution is -0.121. The summed E-state index contributed by atoms with van der Waals surface area (Å²) in [5.74, 6) is 0.0455. The maximum absolute atomic E-state index is 11.8. The number of carbonyl (C=O) groups is 1. The monoisotopic (exact) mass is 305 g/mol. The van der Waals surface area contributed by atoms with Crippen molar-refractivity contribution in [2.45, 2.75) is 13.8 Å². The SMILES string of the molecule is CC(C)(C#N)C(=O)Nc1ccc(-c2ccc(Cl)s2)cn1. The zero-order chi connectivity index (χ0) is 14.8. The molecule has 4 nitrogen and oxygen atoms in total. The van der Waals surface area contributed by atoms with Crippen LogP contribution in [0.15, 0.2) is 30.5 Å². The number of thiophene rings is 1. The van der Waals surface area contributed by atoms with Crippen LogP contribution in [0.2, 0.25) is 4.34 Å². The number of aromatic nitrogens is 1. The highest BCUT2D eigenvalue weighted by Crippen LogP contribution is 2.30. The molecule has 0 saturated heterocycles. The van der Waals surface area contributed by atoms with Gasteiger partial charge in [0.15, 0.2) is 0 Å². The Balaban J connectivity index is 2.14. The van der Waals surface area contributed by atoms with Gasteiger partial charge in [-0.25, -0.2) is 4.98 Å². The molecular formula is C14H12ClN3OS. The van der Waals surface area contributed by atoms with Gasteiger partial charge >= 0.3 is 0 Å². The van der Waals surface area contributed by atoms with E-state index in [1.807, 2.05) is 24.3 Å². The van der Waals surface area contributed by atoms with Crippen LogP contribution in [0.4, 0.5) is 5.82 Å². The molecule has 2 rings (SSSR count). The molecule has 102 valence electrons. The molecule has 0 fully saturated rings. The molecule has 2 aromatic heterocycles. The van der Waals surface area contributed by atoms with Gasteiger partial charge in [0.25, 0.3) is 0 Å². The lowest BCUT2D eigenvalue weighted by Gasteiger charge is -2.14. The van der Waals surface area contributed by atoms with Gasteiger partial charge in [-0.2, -0.15) is 5.26 Å². The Morgan fingerprint density at radius 3 is 2.65 bits per heavy atom. The van der Waals surface area contributed by atoms with Crippen molar-refractivity contribution in [1.29, 1.82) is 5.26 Å². The maximum Gasteiger partial charge on any atom is 0.245 e. The molecule has 1 N–H and O–H groups in total. The van der Waals surface area contributed by atoms with Crippen molar-refractivity contribution in [3.05, 3.63) is 34.8 Å². The predicted molar refractivity (Wildman–Crippen MR) is 80.6 cm³/mol. The first-order valence-corrected chi connectivity index (χ1v) is 7.06. The number of pyridine rings is 1. The summed E-state index contributed by atoms with van der Waals surface area (Å²) in [6.07, 6.45) is 1.66. The summed E-state index contributed by atoms with van der Waals surface area (Å²) in [6, 6.07) is 9.25. The second-order valence-corrected chi connectivity index (χ2v) is 6.44. The van der Waals surface area contributed by atoms with Crippen LogP contribution in [0.3, 0.4) is 0 Å². The molecular weight excluding hydrogens is 294 g/mol. The summed E-state index contributed by atoms with van der Waals surface area (Å²) in [4.78, 5) is 17.0. The van der Waals surface area contributed by atoms with Crippen molar-refractivity contribution in [2.75, 3.05) is 5.32 Å². The first kappa shape index (κ1) is 14.5. The highest BCUT2D eigenvalue weighted by atomic mass is 35.5. The first-order valence-electron chi connectivity index (χ1n) is 5.87. The average molecular weight is 306 g/mol. The molecule has 0 aliphatic heterocycles. The smallest absolute Gasteiger partial charge is 0.245 e. The summed E-state index contributed by atoms with van der Waals surface area (Å²) in [6.45, 7) is 3.12. The summed E-state index contributed by atoms with van der Waals surface area (Å²) in [5, 5.41) is 11.5. The molecule has 0 atom stereocenters. The van der Waals surface area contributed by atoms with E-state index < -0.39 is 5.41 Å². The molecule has 20 heavy (non-hydrogen) atoms. The van der Waals surface area contributed by atoms with Crippen LogP contribution < -0.4 is 5.32 Å². The number of nitrogens with one attached hydrogen (secondary N) is 1. The van der Waals surface area contributed by atoms with Gasteiger partial charge in [0, 0.05) is 16.6 Å². The molecule has 0 saturated carbocycles. The Morgan fingerprint density at radius 1 is 1.40 bits per heavy atom. The van der Waals surface area contributed by atoms with Gasteiger partial charge in [-0.1, -0.05) is 11.6 Å². The van der Waals surface area contributed by atoms with Gasteiger partial charge < -0.3 is 5.32 Å². The third-order valence-corrected chi connectivity index (χ3v) is 3.99. The topological polar surface area (TPSA) is 65.8 Å². The zero-order valence-corrected chi connectivity index (χ0v) is 12.5. The van der Waals surface area contributed by atoms with E-state index in [9.17, 15) is 4.79 Å². The first-order chi connectivity index (χ1) is 9.42. The fraction of sp³-hybridized carbons (Fsp3) is 0.214. The predicted octanol–water partition coefficient (Wildman–Crippen LogP) is 3.95. The molecule has 0 radical (unpaired) electrons. The van der Waals surface area contributed by atoms with E-state index in [1.54, 1.807) is 26.1 Å². The highest BCUT2D eigenvalue weighted by Gasteiger charge is 2.27. The van der Waals surface area contributed by atoms with Crippen LogP contribution in [-0.4, -0.2) is 10.9 Å². The Labute approximate surface area is 126 Å². The third kappa shape index (κ3) is 3.16. The second-order valence-electron chi connectivity index (χ2n) is 4.73.